The molecule has 1 aromatic carbocycles. The van der Waals surface area contributed by atoms with Gasteiger partial charge in [-0.05, 0) is 35.8 Å². The highest BCUT2D eigenvalue weighted by Crippen LogP contribution is 2.29. The number of amides is 2. The Kier molecular flexibility index (Phi) is 6.29. The maximum atomic E-state index is 12.6. The first-order chi connectivity index (χ1) is 14.5. The van der Waals surface area contributed by atoms with Crippen LogP contribution in [-0.2, 0) is 6.42 Å². The first kappa shape index (κ1) is 20.7. The molecule has 30 heavy (non-hydrogen) atoms. The van der Waals surface area contributed by atoms with E-state index in [1.54, 1.807) is 17.2 Å². The number of aliphatic hydroxyl groups excluding tert-OH is 2. The fourth-order valence-electron chi connectivity index (χ4n) is 3.33. The molecule has 0 aliphatic carbocycles. The van der Waals surface area contributed by atoms with Crippen molar-refractivity contribution in [2.45, 2.75) is 18.9 Å². The molecule has 0 bridgehead atoms. The highest BCUT2D eigenvalue weighted by Gasteiger charge is 2.21. The highest BCUT2D eigenvalue weighted by atomic mass is 35.5. The van der Waals surface area contributed by atoms with Crippen molar-refractivity contribution in [2.75, 3.05) is 25.0 Å². The van der Waals surface area contributed by atoms with E-state index in [0.717, 1.165) is 21.4 Å². The molecule has 0 saturated heterocycles. The molecular weight excluding hydrogens is 424 g/mol. The van der Waals surface area contributed by atoms with Gasteiger partial charge in [-0.1, -0.05) is 41.1 Å². The smallest absolute Gasteiger partial charge is 0.323 e. The number of pyridine rings is 1. The molecule has 7 nitrogen and oxygen atoms in total. The van der Waals surface area contributed by atoms with Gasteiger partial charge in [0.2, 0.25) is 0 Å². The first-order valence-electron chi connectivity index (χ1n) is 9.57. The summed E-state index contributed by atoms with van der Waals surface area (Å²) in [6.45, 7) is 0.694. The van der Waals surface area contributed by atoms with Crippen molar-refractivity contribution < 1.29 is 15.0 Å². The second kappa shape index (κ2) is 9.09. The predicted octanol–water partition coefficient (Wildman–Crippen LogP) is 3.56. The number of rotatable bonds is 5. The number of aliphatic hydroxyl groups is 2. The average Bonchev–Trinajstić information content (AvgIpc) is 3.16. The second-order valence-electron chi connectivity index (χ2n) is 7.06. The van der Waals surface area contributed by atoms with Crippen molar-refractivity contribution in [1.29, 1.82) is 0 Å². The Balaban J connectivity index is 1.40. The molecular formula is C21H21ClN4O3S. The normalized spacial score (nSPS) is 15.2. The number of benzene rings is 1. The number of carbonyl (C=O) groups is 1. The Morgan fingerprint density at radius 3 is 2.90 bits per heavy atom. The van der Waals surface area contributed by atoms with Gasteiger partial charge in [-0.15, -0.1) is 0 Å². The van der Waals surface area contributed by atoms with E-state index < -0.39 is 6.10 Å². The summed E-state index contributed by atoms with van der Waals surface area (Å²) >= 11 is 7.84. The first-order valence-corrected chi connectivity index (χ1v) is 10.8. The lowest BCUT2D eigenvalue weighted by Crippen LogP contribution is -2.37. The van der Waals surface area contributed by atoms with Gasteiger partial charge in [0, 0.05) is 25.7 Å². The van der Waals surface area contributed by atoms with Crippen LogP contribution < -0.4 is 5.32 Å². The Hall–Kier alpha value is -2.52. The number of hydrogen-bond donors (Lipinski definition) is 3. The number of nitrogens with zero attached hydrogens (tertiary/aromatic N) is 3. The van der Waals surface area contributed by atoms with Gasteiger partial charge >= 0.3 is 6.03 Å². The molecule has 0 spiro atoms. The summed E-state index contributed by atoms with van der Waals surface area (Å²) in [5, 5.41) is 22.5. The summed E-state index contributed by atoms with van der Waals surface area (Å²) in [6.07, 6.45) is 3.72. The van der Waals surface area contributed by atoms with E-state index in [1.165, 1.54) is 11.3 Å². The predicted molar refractivity (Wildman–Crippen MR) is 119 cm³/mol. The van der Waals surface area contributed by atoms with E-state index in [4.69, 9.17) is 16.7 Å². The summed E-state index contributed by atoms with van der Waals surface area (Å²) in [5.41, 5.74) is 3.30. The summed E-state index contributed by atoms with van der Waals surface area (Å²) < 4.78 is 1.03. The summed E-state index contributed by atoms with van der Waals surface area (Å²) in [5.74, 6) is 0. The van der Waals surface area contributed by atoms with E-state index in [1.807, 2.05) is 30.3 Å². The zero-order valence-corrected chi connectivity index (χ0v) is 17.7. The minimum absolute atomic E-state index is 0.184. The molecule has 3 heterocycles. The summed E-state index contributed by atoms with van der Waals surface area (Å²) in [7, 11) is 0. The molecule has 2 amide bonds. The molecule has 1 atom stereocenters. The Morgan fingerprint density at radius 1 is 1.37 bits per heavy atom. The number of urea groups is 1. The van der Waals surface area contributed by atoms with Gasteiger partial charge in [0.05, 0.1) is 33.6 Å². The zero-order chi connectivity index (χ0) is 21.1. The van der Waals surface area contributed by atoms with Gasteiger partial charge in [0.1, 0.15) is 0 Å². The maximum absolute atomic E-state index is 12.6. The summed E-state index contributed by atoms with van der Waals surface area (Å²) in [6, 6.07) is 9.34. The average molecular weight is 445 g/mol. The minimum atomic E-state index is -0.829. The lowest BCUT2D eigenvalue weighted by Gasteiger charge is -2.26. The lowest BCUT2D eigenvalue weighted by atomic mass is 10.0. The van der Waals surface area contributed by atoms with E-state index in [-0.39, 0.29) is 12.6 Å². The molecule has 0 fully saturated rings. The van der Waals surface area contributed by atoms with Gasteiger partial charge < -0.3 is 15.1 Å². The standard InChI is InChI=1S/C21H21ClN4O3S/c22-16-10-13(9-15(28)12-27)11-23-19(16)14-5-7-26(8-6-14)21(29)25-20-24-17-3-1-2-4-18(17)30-20/h1-5,10-11,15,27-28H,6-9,12H2,(H,24,25,29)/t15-/m0/s1. The number of fused-ring (bicyclic) bond motifs is 1. The van der Waals surface area contributed by atoms with Crippen molar-refractivity contribution in [3.05, 3.63) is 58.9 Å². The van der Waals surface area contributed by atoms with E-state index in [2.05, 4.69) is 15.3 Å². The molecule has 0 saturated carbocycles. The van der Waals surface area contributed by atoms with Crippen LogP contribution in [0.5, 0.6) is 0 Å². The molecule has 0 radical (unpaired) electrons. The van der Waals surface area contributed by atoms with Crippen molar-refractivity contribution >= 4 is 49.9 Å². The summed E-state index contributed by atoms with van der Waals surface area (Å²) in [4.78, 5) is 23.2. The number of carbonyl (C=O) groups excluding carboxylic acids is 1. The Labute approximate surface area is 182 Å². The van der Waals surface area contributed by atoms with Gasteiger partial charge in [-0.3, -0.25) is 10.3 Å². The Bertz CT molecular complexity index is 1070. The molecule has 3 N–H and O–H groups in total. The fraction of sp³-hybridized carbons (Fsp3) is 0.286. The quantitative estimate of drug-likeness (QED) is 0.558. The SMILES string of the molecule is O=C(Nc1nc2ccccc2s1)N1CC=C(c2ncc(C[C@H](O)CO)cc2Cl)CC1. The van der Waals surface area contributed by atoms with Crippen molar-refractivity contribution in [3.63, 3.8) is 0 Å². The molecule has 2 aromatic heterocycles. The second-order valence-corrected chi connectivity index (χ2v) is 8.49. The van der Waals surface area contributed by atoms with Crippen LogP contribution in [0.15, 0.2) is 42.6 Å². The third-order valence-corrected chi connectivity index (χ3v) is 6.13. The highest BCUT2D eigenvalue weighted by molar-refractivity contribution is 7.22. The molecule has 0 unspecified atom stereocenters. The zero-order valence-electron chi connectivity index (χ0n) is 16.1. The number of anilines is 1. The maximum Gasteiger partial charge on any atom is 0.323 e. The number of nitrogens with one attached hydrogen (secondary N) is 1. The topological polar surface area (TPSA) is 98.6 Å². The van der Waals surface area contributed by atoms with Crippen molar-refractivity contribution in [2.24, 2.45) is 0 Å². The Morgan fingerprint density at radius 2 is 2.20 bits per heavy atom. The fourth-order valence-corrected chi connectivity index (χ4v) is 4.49. The minimum Gasteiger partial charge on any atom is -0.394 e. The number of hydrogen-bond acceptors (Lipinski definition) is 6. The van der Waals surface area contributed by atoms with Gasteiger partial charge in [-0.25, -0.2) is 9.78 Å². The molecule has 1 aliphatic heterocycles. The van der Waals surface area contributed by atoms with E-state index in [9.17, 15) is 9.90 Å². The monoisotopic (exact) mass is 444 g/mol. The van der Waals surface area contributed by atoms with Gasteiger partial charge in [-0.2, -0.15) is 0 Å². The van der Waals surface area contributed by atoms with Gasteiger partial charge in [0.25, 0.3) is 0 Å². The molecule has 9 heteroatoms. The van der Waals surface area contributed by atoms with Crippen molar-refractivity contribution in [1.82, 2.24) is 14.9 Å². The molecule has 1 aliphatic rings. The van der Waals surface area contributed by atoms with Crippen LogP contribution in [-0.4, -0.2) is 56.9 Å². The van der Waals surface area contributed by atoms with Crippen LogP contribution in [0.25, 0.3) is 15.8 Å². The van der Waals surface area contributed by atoms with Crippen molar-refractivity contribution in [3.8, 4) is 0 Å². The number of para-hydroxylation sites is 1. The van der Waals surface area contributed by atoms with Crippen LogP contribution in [0.3, 0.4) is 0 Å². The third kappa shape index (κ3) is 4.62. The molecule has 3 aromatic rings. The molecule has 4 rings (SSSR count). The van der Waals surface area contributed by atoms with E-state index in [0.29, 0.717) is 41.8 Å². The van der Waals surface area contributed by atoms with Crippen LogP contribution >= 0.6 is 22.9 Å². The molecule has 156 valence electrons. The third-order valence-electron chi connectivity index (χ3n) is 4.89. The number of aromatic nitrogens is 2. The van der Waals surface area contributed by atoms with Crippen LogP contribution in [0.1, 0.15) is 17.7 Å². The largest absolute Gasteiger partial charge is 0.394 e. The van der Waals surface area contributed by atoms with Crippen LogP contribution in [0.2, 0.25) is 5.02 Å². The van der Waals surface area contributed by atoms with Gasteiger partial charge in [0.15, 0.2) is 5.13 Å². The van der Waals surface area contributed by atoms with Crippen LogP contribution in [0, 0.1) is 0 Å². The number of thiazole rings is 1. The number of halogens is 1. The van der Waals surface area contributed by atoms with E-state index >= 15 is 0 Å². The lowest BCUT2D eigenvalue weighted by molar-refractivity contribution is 0.0954. The van der Waals surface area contributed by atoms with Crippen LogP contribution in [0.4, 0.5) is 9.93 Å².